The molecule has 3 amide bonds. The summed E-state index contributed by atoms with van der Waals surface area (Å²) in [6, 6.07) is 13.1. The minimum absolute atomic E-state index is 0.00221. The van der Waals surface area contributed by atoms with Crippen molar-refractivity contribution in [1.29, 1.82) is 0 Å². The Morgan fingerprint density at radius 3 is 2.54 bits per heavy atom. The Morgan fingerprint density at radius 2 is 1.84 bits per heavy atom. The number of nitrogens with zero attached hydrogens (tertiary/aromatic N) is 3. The van der Waals surface area contributed by atoms with Crippen molar-refractivity contribution in [2.75, 3.05) is 39.3 Å². The van der Waals surface area contributed by atoms with Gasteiger partial charge in [-0.25, -0.2) is 0 Å². The average Bonchev–Trinajstić information content (AvgIpc) is 3.48. The molecule has 2 aliphatic rings. The fourth-order valence-corrected chi connectivity index (χ4v) is 5.96. The van der Waals surface area contributed by atoms with Gasteiger partial charge in [0.15, 0.2) is 0 Å². The van der Waals surface area contributed by atoms with Crippen molar-refractivity contribution < 1.29 is 14.4 Å². The van der Waals surface area contributed by atoms with Crippen molar-refractivity contribution in [2.45, 2.75) is 58.5 Å². The predicted octanol–water partition coefficient (Wildman–Crippen LogP) is 3.66. The quantitative estimate of drug-likeness (QED) is 0.600. The Bertz CT molecular complexity index is 1040. The number of carbonyl (C=O) groups excluding carboxylic acids is 3. The van der Waals surface area contributed by atoms with E-state index in [1.807, 2.05) is 45.5 Å². The van der Waals surface area contributed by atoms with Crippen LogP contribution >= 0.6 is 11.3 Å². The summed E-state index contributed by atoms with van der Waals surface area (Å²) in [4.78, 5) is 47.2. The summed E-state index contributed by atoms with van der Waals surface area (Å²) in [5, 5.41) is 5.24. The van der Waals surface area contributed by atoms with Gasteiger partial charge in [0.25, 0.3) is 5.91 Å². The summed E-state index contributed by atoms with van der Waals surface area (Å²) < 4.78 is 0. The van der Waals surface area contributed by atoms with Crippen molar-refractivity contribution >= 4 is 29.1 Å². The molecule has 200 valence electrons. The normalized spacial score (nSPS) is 20.5. The van der Waals surface area contributed by atoms with E-state index < -0.39 is 6.04 Å². The third kappa shape index (κ3) is 7.20. The van der Waals surface area contributed by atoms with Crippen LogP contribution in [0.4, 0.5) is 0 Å². The van der Waals surface area contributed by atoms with Gasteiger partial charge in [-0.15, -0.1) is 11.3 Å². The number of thiophene rings is 1. The first-order valence-corrected chi connectivity index (χ1v) is 14.3. The molecule has 2 fully saturated rings. The number of nitrogens with one attached hydrogen (secondary N) is 1. The molecular weight excluding hydrogens is 484 g/mol. The van der Waals surface area contributed by atoms with Gasteiger partial charge in [0.1, 0.15) is 6.04 Å². The van der Waals surface area contributed by atoms with E-state index in [-0.39, 0.29) is 29.2 Å². The van der Waals surface area contributed by atoms with Gasteiger partial charge in [-0.05, 0) is 48.2 Å². The zero-order chi connectivity index (χ0) is 26.4. The molecule has 0 saturated carbocycles. The molecule has 1 N–H and O–H groups in total. The van der Waals surface area contributed by atoms with Crippen molar-refractivity contribution in [3.63, 3.8) is 0 Å². The maximum Gasteiger partial charge on any atom is 0.264 e. The van der Waals surface area contributed by atoms with Crippen LogP contribution in [0, 0.1) is 5.41 Å². The van der Waals surface area contributed by atoms with Crippen LogP contribution in [0.25, 0.3) is 0 Å². The van der Waals surface area contributed by atoms with E-state index >= 15 is 0 Å². The second-order valence-electron chi connectivity index (χ2n) is 11.3. The molecular formula is C29H40N4O3S. The third-order valence-corrected chi connectivity index (χ3v) is 7.99. The van der Waals surface area contributed by atoms with Crippen molar-refractivity contribution in [3.8, 4) is 0 Å². The van der Waals surface area contributed by atoms with Crippen molar-refractivity contribution in [2.24, 2.45) is 5.41 Å². The van der Waals surface area contributed by atoms with Crippen LogP contribution in [0.1, 0.15) is 55.3 Å². The fourth-order valence-electron chi connectivity index (χ4n) is 5.28. The Balaban J connectivity index is 1.59. The molecule has 2 unspecified atom stereocenters. The molecule has 8 heteroatoms. The number of rotatable bonds is 7. The summed E-state index contributed by atoms with van der Waals surface area (Å²) in [5.41, 5.74) is 1.02. The smallest absolute Gasteiger partial charge is 0.264 e. The molecule has 0 radical (unpaired) electrons. The Labute approximate surface area is 224 Å². The molecule has 0 aliphatic carbocycles. The molecule has 7 nitrogen and oxygen atoms in total. The topological polar surface area (TPSA) is 73.0 Å². The van der Waals surface area contributed by atoms with E-state index in [9.17, 15) is 14.4 Å². The largest absolute Gasteiger partial charge is 0.340 e. The summed E-state index contributed by atoms with van der Waals surface area (Å²) in [5.74, 6) is -0.0264. The Kier molecular flexibility index (Phi) is 9.03. The lowest BCUT2D eigenvalue weighted by molar-refractivity contribution is -0.137. The maximum absolute atomic E-state index is 13.8. The standard InChI is InChI=1S/C29H40N4O3S/c1-29(2,3)20-26(34)32(16-12-22-9-5-4-6-10-22)23-19-24(27(35)31-15-8-13-30-14-17-31)33(21-23)28(36)25-11-7-18-37-25/h4-7,9-11,18,23-24,30H,8,12-17,19-21H2,1-3H3. The molecule has 1 aromatic heterocycles. The van der Waals surface area contributed by atoms with Gasteiger partial charge in [-0.1, -0.05) is 57.2 Å². The van der Waals surface area contributed by atoms with Crippen molar-refractivity contribution in [1.82, 2.24) is 20.0 Å². The van der Waals surface area contributed by atoms with Gasteiger partial charge in [0.05, 0.1) is 10.9 Å². The van der Waals surface area contributed by atoms with Gasteiger partial charge in [0, 0.05) is 39.1 Å². The average molecular weight is 525 g/mol. The highest BCUT2D eigenvalue weighted by Crippen LogP contribution is 2.30. The molecule has 2 saturated heterocycles. The van der Waals surface area contributed by atoms with Gasteiger partial charge in [0.2, 0.25) is 11.8 Å². The highest BCUT2D eigenvalue weighted by atomic mass is 32.1. The van der Waals surface area contributed by atoms with Crippen LogP contribution in [-0.2, 0) is 16.0 Å². The molecule has 3 heterocycles. The van der Waals surface area contributed by atoms with Crippen molar-refractivity contribution in [3.05, 3.63) is 58.3 Å². The number of hydrogen-bond acceptors (Lipinski definition) is 5. The number of carbonyl (C=O) groups is 3. The van der Waals surface area contributed by atoms with Crippen LogP contribution in [0.15, 0.2) is 47.8 Å². The van der Waals surface area contributed by atoms with Crippen LogP contribution < -0.4 is 5.32 Å². The molecule has 1 aromatic carbocycles. The minimum atomic E-state index is -0.556. The number of amides is 3. The van der Waals surface area contributed by atoms with E-state index in [2.05, 4.69) is 38.2 Å². The van der Waals surface area contributed by atoms with Gasteiger partial charge >= 0.3 is 0 Å². The van der Waals surface area contributed by atoms with Crippen LogP contribution in [0.2, 0.25) is 0 Å². The zero-order valence-corrected chi connectivity index (χ0v) is 23.1. The lowest BCUT2D eigenvalue weighted by atomic mass is 9.91. The summed E-state index contributed by atoms with van der Waals surface area (Å²) in [6.07, 6.45) is 2.54. The van der Waals surface area contributed by atoms with Crippen LogP contribution in [0.3, 0.4) is 0 Å². The SMILES string of the molecule is CC(C)(C)CC(=O)N(CCc1ccccc1)C1CC(C(=O)N2CCCNCC2)N(C(=O)c2cccs2)C1. The van der Waals surface area contributed by atoms with Crippen LogP contribution in [-0.4, -0.2) is 83.8 Å². The highest BCUT2D eigenvalue weighted by molar-refractivity contribution is 7.12. The second kappa shape index (κ2) is 12.2. The van der Waals surface area contributed by atoms with E-state index in [0.29, 0.717) is 43.9 Å². The molecule has 0 bridgehead atoms. The third-order valence-electron chi connectivity index (χ3n) is 7.14. The molecule has 2 aromatic rings. The monoisotopic (exact) mass is 524 g/mol. The fraction of sp³-hybridized carbons (Fsp3) is 0.552. The second-order valence-corrected chi connectivity index (χ2v) is 12.3. The molecule has 37 heavy (non-hydrogen) atoms. The number of likely N-dealkylation sites (tertiary alicyclic amines) is 1. The first kappa shape index (κ1) is 27.3. The van der Waals surface area contributed by atoms with E-state index in [1.54, 1.807) is 4.90 Å². The lowest BCUT2D eigenvalue weighted by Gasteiger charge is -2.32. The maximum atomic E-state index is 13.8. The zero-order valence-electron chi connectivity index (χ0n) is 22.3. The minimum Gasteiger partial charge on any atom is -0.340 e. The molecule has 2 atom stereocenters. The summed E-state index contributed by atoms with van der Waals surface area (Å²) in [7, 11) is 0. The van der Waals surface area contributed by atoms with E-state index in [0.717, 1.165) is 25.9 Å². The Morgan fingerprint density at radius 1 is 1.05 bits per heavy atom. The van der Waals surface area contributed by atoms with Crippen LogP contribution in [0.5, 0.6) is 0 Å². The van der Waals surface area contributed by atoms with E-state index in [4.69, 9.17) is 0 Å². The van der Waals surface area contributed by atoms with E-state index in [1.165, 1.54) is 16.9 Å². The number of benzene rings is 1. The summed E-state index contributed by atoms with van der Waals surface area (Å²) in [6.45, 7) is 10.1. The van der Waals surface area contributed by atoms with Gasteiger partial charge in [-0.3, -0.25) is 14.4 Å². The number of hydrogen-bond donors (Lipinski definition) is 1. The molecule has 4 rings (SSSR count). The first-order valence-electron chi connectivity index (χ1n) is 13.4. The van der Waals surface area contributed by atoms with Gasteiger partial charge in [-0.2, -0.15) is 0 Å². The first-order chi connectivity index (χ1) is 17.7. The Hall–Kier alpha value is -2.71. The molecule has 2 aliphatic heterocycles. The lowest BCUT2D eigenvalue weighted by Crippen LogP contribution is -2.48. The predicted molar refractivity (Wildman–Crippen MR) is 148 cm³/mol. The van der Waals surface area contributed by atoms with Gasteiger partial charge < -0.3 is 20.0 Å². The summed E-state index contributed by atoms with van der Waals surface area (Å²) >= 11 is 1.40. The molecule has 0 spiro atoms. The highest BCUT2D eigenvalue weighted by Gasteiger charge is 2.45.